The lowest BCUT2D eigenvalue weighted by Gasteiger charge is -2.16. The molecule has 81 valence electrons. The summed E-state index contributed by atoms with van der Waals surface area (Å²) in [5.74, 6) is 0. The molecule has 0 saturated carbocycles. The van der Waals surface area contributed by atoms with Crippen LogP contribution in [0.15, 0.2) is 0 Å². The van der Waals surface area contributed by atoms with E-state index in [0.717, 1.165) is 17.9 Å². The van der Waals surface area contributed by atoms with Crippen molar-refractivity contribution >= 4 is 12.4 Å². The van der Waals surface area contributed by atoms with Crippen molar-refractivity contribution in [3.05, 3.63) is 0 Å². The maximum atomic E-state index is 11.2. The van der Waals surface area contributed by atoms with Gasteiger partial charge in [0.05, 0.1) is 0 Å². The molecule has 1 N–H and O–H groups in total. The molecule has 0 rings (SSSR count). The van der Waals surface area contributed by atoms with Gasteiger partial charge in [-0.25, -0.2) is 4.79 Å². The summed E-state index contributed by atoms with van der Waals surface area (Å²) < 4.78 is 0. The summed E-state index contributed by atoms with van der Waals surface area (Å²) in [6.45, 7) is 3.58. The first-order valence-corrected chi connectivity index (χ1v) is 4.69. The minimum absolute atomic E-state index is 0.374. The number of carbonyl (C=O) groups excluding carboxylic acids is 2. The summed E-state index contributed by atoms with van der Waals surface area (Å²) in [5, 5.41) is 2.55. The van der Waals surface area contributed by atoms with Gasteiger partial charge in [0.2, 0.25) is 0 Å². The Kier molecular flexibility index (Phi) is 6.74. The summed E-state index contributed by atoms with van der Waals surface area (Å²) >= 11 is 0. The first-order chi connectivity index (χ1) is 6.61. The molecule has 0 aromatic carbocycles. The van der Waals surface area contributed by atoms with Crippen LogP contribution in [-0.2, 0) is 4.79 Å². The number of hydrogen-bond donors (Lipinski definition) is 1. The van der Waals surface area contributed by atoms with E-state index < -0.39 is 0 Å². The Labute approximate surface area is 85.1 Å². The van der Waals surface area contributed by atoms with Crippen LogP contribution in [0, 0.1) is 0 Å². The van der Waals surface area contributed by atoms with Crippen molar-refractivity contribution < 1.29 is 9.59 Å². The van der Waals surface area contributed by atoms with Crippen molar-refractivity contribution in [1.29, 1.82) is 0 Å². The zero-order chi connectivity index (χ0) is 11.0. The van der Waals surface area contributed by atoms with E-state index in [9.17, 15) is 9.59 Å². The van der Waals surface area contributed by atoms with Gasteiger partial charge < -0.3 is 10.2 Å². The molecule has 0 spiro atoms. The lowest BCUT2D eigenvalue weighted by Crippen LogP contribution is -2.40. The molecular weight excluding hydrogens is 182 g/mol. The van der Waals surface area contributed by atoms with Crippen molar-refractivity contribution in [2.75, 3.05) is 33.7 Å². The summed E-state index contributed by atoms with van der Waals surface area (Å²) in [5.41, 5.74) is 0. The number of nitrogens with zero attached hydrogens (tertiary/aromatic N) is 2. The molecule has 0 atom stereocenters. The summed E-state index contributed by atoms with van der Waals surface area (Å²) in [6, 6.07) is -0.374. The highest BCUT2D eigenvalue weighted by Gasteiger charge is 2.11. The van der Waals surface area contributed by atoms with Gasteiger partial charge in [0.1, 0.15) is 0 Å². The van der Waals surface area contributed by atoms with E-state index in [1.807, 2.05) is 19.0 Å². The normalized spacial score (nSPS) is 10.0. The van der Waals surface area contributed by atoms with E-state index in [2.05, 4.69) is 5.32 Å². The van der Waals surface area contributed by atoms with Crippen LogP contribution in [0.2, 0.25) is 0 Å². The molecule has 0 heterocycles. The molecule has 0 fully saturated rings. The van der Waals surface area contributed by atoms with Gasteiger partial charge in [0.25, 0.3) is 0 Å². The second-order valence-corrected chi connectivity index (χ2v) is 3.24. The van der Waals surface area contributed by atoms with Gasteiger partial charge in [-0.3, -0.25) is 9.69 Å². The van der Waals surface area contributed by atoms with Crippen LogP contribution in [0.5, 0.6) is 0 Å². The van der Waals surface area contributed by atoms with Crippen LogP contribution in [0.25, 0.3) is 0 Å². The number of rotatable bonds is 6. The lowest BCUT2D eigenvalue weighted by atomic mass is 10.4. The van der Waals surface area contributed by atoms with Gasteiger partial charge in [-0.2, -0.15) is 0 Å². The molecule has 5 heteroatoms. The first-order valence-electron chi connectivity index (χ1n) is 4.69. The van der Waals surface area contributed by atoms with Crippen LogP contribution in [0.1, 0.15) is 13.3 Å². The van der Waals surface area contributed by atoms with E-state index in [1.54, 1.807) is 13.3 Å². The van der Waals surface area contributed by atoms with Gasteiger partial charge in [0.15, 0.2) is 0 Å². The Morgan fingerprint density at radius 3 is 2.43 bits per heavy atom. The predicted octanol–water partition coefficient (Wildman–Crippen LogP) is 0.0368. The Hall–Kier alpha value is -1.10. The van der Waals surface area contributed by atoms with Crippen LogP contribution >= 0.6 is 0 Å². The van der Waals surface area contributed by atoms with E-state index in [1.165, 1.54) is 0 Å². The molecule has 3 amide bonds. The van der Waals surface area contributed by atoms with Crippen molar-refractivity contribution in [2.45, 2.75) is 13.3 Å². The monoisotopic (exact) mass is 200 g/mol. The van der Waals surface area contributed by atoms with Crippen LogP contribution in [0.3, 0.4) is 0 Å². The Balaban J connectivity index is 3.78. The average molecular weight is 200 g/mol. The second kappa shape index (κ2) is 7.32. The third-order valence-corrected chi connectivity index (χ3v) is 1.67. The van der Waals surface area contributed by atoms with Crippen molar-refractivity contribution in [2.24, 2.45) is 0 Å². The standard InChI is InChI=1S/C9H18N3O2/c1-4-10-9(14)12(8-13)7-5-6-11(2)3/h4-7H2,1-3H3,(H,10,14). The van der Waals surface area contributed by atoms with Gasteiger partial charge in [-0.05, 0) is 34.0 Å². The molecule has 0 saturated heterocycles. The Bertz CT molecular complexity index is 183. The molecule has 0 unspecified atom stereocenters. The maximum absolute atomic E-state index is 11.2. The lowest BCUT2D eigenvalue weighted by molar-refractivity contribution is 0.217. The smallest absolute Gasteiger partial charge is 0.324 e. The summed E-state index contributed by atoms with van der Waals surface area (Å²) in [4.78, 5) is 24.6. The highest BCUT2D eigenvalue weighted by atomic mass is 16.2. The van der Waals surface area contributed by atoms with E-state index in [-0.39, 0.29) is 6.03 Å². The summed E-state index contributed by atoms with van der Waals surface area (Å²) in [6.07, 6.45) is 2.38. The third kappa shape index (κ3) is 5.53. The quantitative estimate of drug-likeness (QED) is 0.616. The van der Waals surface area contributed by atoms with Gasteiger partial charge in [0, 0.05) is 13.1 Å². The fourth-order valence-electron chi connectivity index (χ4n) is 0.980. The number of imide groups is 1. The van der Waals surface area contributed by atoms with E-state index in [4.69, 9.17) is 0 Å². The molecule has 5 nitrogen and oxygen atoms in total. The first kappa shape index (κ1) is 12.9. The van der Waals surface area contributed by atoms with Crippen LogP contribution in [0.4, 0.5) is 4.79 Å². The molecule has 1 radical (unpaired) electrons. The second-order valence-electron chi connectivity index (χ2n) is 3.24. The van der Waals surface area contributed by atoms with Crippen molar-refractivity contribution in [3.8, 4) is 0 Å². The van der Waals surface area contributed by atoms with Crippen LogP contribution in [-0.4, -0.2) is 56.0 Å². The topological polar surface area (TPSA) is 52.7 Å². The Morgan fingerprint density at radius 1 is 1.36 bits per heavy atom. The van der Waals surface area contributed by atoms with Crippen LogP contribution < -0.4 is 5.32 Å². The minimum atomic E-state index is -0.374. The fourth-order valence-corrected chi connectivity index (χ4v) is 0.980. The number of carbonyl (C=O) groups is 1. The Morgan fingerprint density at radius 2 is 2.00 bits per heavy atom. The SMILES string of the molecule is CCNC(=O)N([C]=O)CCCN(C)C. The number of hydrogen-bond acceptors (Lipinski definition) is 3. The predicted molar refractivity (Wildman–Crippen MR) is 54.6 cm³/mol. The maximum Gasteiger partial charge on any atom is 0.324 e. The van der Waals surface area contributed by atoms with E-state index in [0.29, 0.717) is 13.1 Å². The van der Waals surface area contributed by atoms with E-state index >= 15 is 0 Å². The third-order valence-electron chi connectivity index (χ3n) is 1.67. The minimum Gasteiger partial charge on any atom is -0.338 e. The zero-order valence-corrected chi connectivity index (χ0v) is 9.04. The largest absolute Gasteiger partial charge is 0.338 e. The molecular formula is C9H18N3O2. The average Bonchev–Trinajstić information content (AvgIpc) is 2.12. The fraction of sp³-hybridized carbons (Fsp3) is 0.778. The molecule has 0 aromatic rings. The number of amides is 3. The zero-order valence-electron chi connectivity index (χ0n) is 9.04. The van der Waals surface area contributed by atoms with Gasteiger partial charge >= 0.3 is 12.4 Å². The molecule has 0 aliphatic heterocycles. The molecule has 0 bridgehead atoms. The number of nitrogens with one attached hydrogen (secondary N) is 1. The van der Waals surface area contributed by atoms with Gasteiger partial charge in [-0.15, -0.1) is 0 Å². The van der Waals surface area contributed by atoms with Crippen molar-refractivity contribution in [1.82, 2.24) is 15.1 Å². The highest BCUT2D eigenvalue weighted by molar-refractivity contribution is 5.84. The summed E-state index contributed by atoms with van der Waals surface area (Å²) in [7, 11) is 3.89. The molecule has 0 aromatic heterocycles. The molecule has 14 heavy (non-hydrogen) atoms. The molecule has 0 aliphatic carbocycles. The molecule has 0 aliphatic rings. The number of urea groups is 1. The highest BCUT2D eigenvalue weighted by Crippen LogP contribution is 1.90. The van der Waals surface area contributed by atoms with Crippen molar-refractivity contribution in [3.63, 3.8) is 0 Å². The van der Waals surface area contributed by atoms with Gasteiger partial charge in [-0.1, -0.05) is 0 Å².